The van der Waals surface area contributed by atoms with Gasteiger partial charge in [0.15, 0.2) is 0 Å². The summed E-state index contributed by atoms with van der Waals surface area (Å²) in [5.74, 6) is 0.728. The van der Waals surface area contributed by atoms with Gasteiger partial charge in [-0.05, 0) is 53.7 Å². The molecule has 10 heteroatoms. The van der Waals surface area contributed by atoms with E-state index in [0.29, 0.717) is 28.8 Å². The molecule has 2 heterocycles. The Hall–Kier alpha value is -1.23. The first-order valence-electron chi connectivity index (χ1n) is 7.77. The van der Waals surface area contributed by atoms with Crippen LogP contribution < -0.4 is 14.2 Å². The zero-order valence-corrected chi connectivity index (χ0v) is 16.7. The van der Waals surface area contributed by atoms with Crippen LogP contribution in [-0.4, -0.2) is 37.6 Å². The van der Waals surface area contributed by atoms with Gasteiger partial charge in [0.25, 0.3) is 11.8 Å². The Morgan fingerprint density at radius 2 is 1.84 bits per heavy atom. The summed E-state index contributed by atoms with van der Waals surface area (Å²) in [6.45, 7) is 0. The van der Waals surface area contributed by atoms with Crippen molar-refractivity contribution in [2.24, 2.45) is 0 Å². The molecule has 0 aliphatic heterocycles. The molecule has 136 valence electrons. The highest BCUT2D eigenvalue weighted by atomic mass is 79.9. The second kappa shape index (κ2) is 7.98. The molecule has 0 saturated heterocycles. The monoisotopic (exact) mass is 447 g/mol. The van der Waals surface area contributed by atoms with Crippen molar-refractivity contribution in [3.05, 3.63) is 28.3 Å². The van der Waals surface area contributed by atoms with Crippen LogP contribution in [0.15, 0.2) is 32.5 Å². The topological polar surface area (TPSA) is 90.4 Å². The molecule has 0 radical (unpaired) electrons. The molecule has 2 aromatic heterocycles. The van der Waals surface area contributed by atoms with Crippen LogP contribution in [0.1, 0.15) is 25.7 Å². The Labute approximate surface area is 159 Å². The smallest absolute Gasteiger partial charge is 0.278 e. The Balaban J connectivity index is 1.55. The quantitative estimate of drug-likeness (QED) is 0.731. The van der Waals surface area contributed by atoms with E-state index in [1.807, 2.05) is 0 Å². The Bertz CT molecular complexity index is 820. The van der Waals surface area contributed by atoms with Crippen molar-refractivity contribution in [1.29, 1.82) is 0 Å². The molecule has 3 rings (SSSR count). The maximum atomic E-state index is 12.4. The number of ether oxygens (including phenoxy) is 2. The standard InChI is InChI=1S/C15H18BrN3O4S2/c1-22-14-15(18-9-8-17-14)23-11-4-2-10(3-5-11)19-25(20,21)13-7-6-12(16)24-13/h6-11,19H,2-5H2,1H3. The minimum Gasteiger partial charge on any atom is -0.477 e. The number of hydrogen-bond donors (Lipinski definition) is 1. The summed E-state index contributed by atoms with van der Waals surface area (Å²) >= 11 is 4.49. The second-order valence-electron chi connectivity index (χ2n) is 5.64. The van der Waals surface area contributed by atoms with Gasteiger partial charge in [-0.1, -0.05) is 0 Å². The number of hydrogen-bond acceptors (Lipinski definition) is 7. The lowest BCUT2D eigenvalue weighted by molar-refractivity contribution is 0.132. The molecule has 0 aromatic carbocycles. The van der Waals surface area contributed by atoms with E-state index in [1.54, 1.807) is 24.5 Å². The highest BCUT2D eigenvalue weighted by Crippen LogP contribution is 2.29. The van der Waals surface area contributed by atoms with E-state index in [9.17, 15) is 8.42 Å². The molecule has 1 saturated carbocycles. The van der Waals surface area contributed by atoms with Crippen LogP contribution in [0.25, 0.3) is 0 Å². The fourth-order valence-corrected chi connectivity index (χ4v) is 6.04. The lowest BCUT2D eigenvalue weighted by Crippen LogP contribution is -2.39. The van der Waals surface area contributed by atoms with Gasteiger partial charge in [-0.3, -0.25) is 0 Å². The highest BCUT2D eigenvalue weighted by Gasteiger charge is 2.28. The Morgan fingerprint density at radius 3 is 2.44 bits per heavy atom. The van der Waals surface area contributed by atoms with Crippen LogP contribution in [0.2, 0.25) is 0 Å². The van der Waals surface area contributed by atoms with Crippen LogP contribution in [0, 0.1) is 0 Å². The predicted molar refractivity (Wildman–Crippen MR) is 97.6 cm³/mol. The molecule has 1 fully saturated rings. The SMILES string of the molecule is COc1nccnc1OC1CCC(NS(=O)(=O)c2ccc(Br)s2)CC1. The third-order valence-corrected chi connectivity index (χ3v) is 7.55. The van der Waals surface area contributed by atoms with Gasteiger partial charge in [0.1, 0.15) is 10.3 Å². The molecular weight excluding hydrogens is 430 g/mol. The van der Waals surface area contributed by atoms with Crippen molar-refractivity contribution < 1.29 is 17.9 Å². The molecule has 0 atom stereocenters. The van der Waals surface area contributed by atoms with E-state index >= 15 is 0 Å². The summed E-state index contributed by atoms with van der Waals surface area (Å²) < 4.78 is 39.7. The number of sulfonamides is 1. The molecule has 25 heavy (non-hydrogen) atoms. The van der Waals surface area contributed by atoms with Crippen molar-refractivity contribution in [1.82, 2.24) is 14.7 Å². The second-order valence-corrected chi connectivity index (χ2v) is 10.0. The summed E-state index contributed by atoms with van der Waals surface area (Å²) in [6.07, 6.45) is 5.96. The van der Waals surface area contributed by atoms with Gasteiger partial charge in [-0.15, -0.1) is 11.3 Å². The Morgan fingerprint density at radius 1 is 1.16 bits per heavy atom. The lowest BCUT2D eigenvalue weighted by Gasteiger charge is -2.29. The third kappa shape index (κ3) is 4.69. The average Bonchev–Trinajstić information content (AvgIpc) is 3.04. The minimum absolute atomic E-state index is 0.0257. The zero-order valence-electron chi connectivity index (χ0n) is 13.5. The first-order chi connectivity index (χ1) is 12.0. The fourth-order valence-electron chi connectivity index (χ4n) is 2.71. The Kier molecular flexibility index (Phi) is 5.92. The number of halogens is 1. The van der Waals surface area contributed by atoms with Crippen LogP contribution in [-0.2, 0) is 10.0 Å². The first kappa shape index (κ1) is 18.6. The average molecular weight is 448 g/mol. The molecule has 0 unspecified atom stereocenters. The summed E-state index contributed by atoms with van der Waals surface area (Å²) in [5, 5.41) is 0. The van der Waals surface area contributed by atoms with Crippen molar-refractivity contribution in [3.8, 4) is 11.8 Å². The zero-order chi connectivity index (χ0) is 17.9. The van der Waals surface area contributed by atoms with E-state index in [0.717, 1.165) is 16.6 Å². The van der Waals surface area contributed by atoms with Gasteiger partial charge < -0.3 is 9.47 Å². The molecular formula is C15H18BrN3O4S2. The predicted octanol–water partition coefficient (Wildman–Crippen LogP) is 2.98. The number of aromatic nitrogens is 2. The number of rotatable bonds is 6. The number of thiophene rings is 1. The molecule has 0 amide bonds. The largest absolute Gasteiger partial charge is 0.477 e. The fraction of sp³-hybridized carbons (Fsp3) is 0.467. The van der Waals surface area contributed by atoms with Crippen LogP contribution in [0.5, 0.6) is 11.8 Å². The molecule has 0 spiro atoms. The van der Waals surface area contributed by atoms with Crippen molar-refractivity contribution in [3.63, 3.8) is 0 Å². The lowest BCUT2D eigenvalue weighted by atomic mass is 9.94. The summed E-state index contributed by atoms with van der Waals surface area (Å²) in [6, 6.07) is 3.25. The van der Waals surface area contributed by atoms with Gasteiger partial charge >= 0.3 is 0 Å². The van der Waals surface area contributed by atoms with E-state index in [2.05, 4.69) is 30.6 Å². The summed E-state index contributed by atoms with van der Waals surface area (Å²) in [5.41, 5.74) is 0. The minimum atomic E-state index is -3.47. The molecule has 0 bridgehead atoms. The first-order valence-corrected chi connectivity index (χ1v) is 10.9. The number of methoxy groups -OCH3 is 1. The van der Waals surface area contributed by atoms with Gasteiger partial charge in [-0.25, -0.2) is 23.1 Å². The van der Waals surface area contributed by atoms with Crippen LogP contribution in [0.3, 0.4) is 0 Å². The van der Waals surface area contributed by atoms with Gasteiger partial charge in [0, 0.05) is 18.4 Å². The van der Waals surface area contributed by atoms with Crippen molar-refractivity contribution >= 4 is 37.3 Å². The maximum Gasteiger partial charge on any atom is 0.278 e. The van der Waals surface area contributed by atoms with Crippen molar-refractivity contribution in [2.45, 2.75) is 42.0 Å². The number of nitrogens with zero attached hydrogens (tertiary/aromatic N) is 2. The van der Waals surface area contributed by atoms with E-state index in [1.165, 1.54) is 18.4 Å². The molecule has 1 N–H and O–H groups in total. The highest BCUT2D eigenvalue weighted by molar-refractivity contribution is 9.11. The molecule has 1 aliphatic carbocycles. The van der Waals surface area contributed by atoms with E-state index in [-0.39, 0.29) is 12.1 Å². The van der Waals surface area contributed by atoms with Crippen LogP contribution >= 0.6 is 27.3 Å². The van der Waals surface area contributed by atoms with Crippen molar-refractivity contribution in [2.75, 3.05) is 7.11 Å². The normalized spacial score (nSPS) is 21.0. The molecule has 2 aromatic rings. The van der Waals surface area contributed by atoms with E-state index < -0.39 is 10.0 Å². The van der Waals surface area contributed by atoms with Gasteiger partial charge in [-0.2, -0.15) is 0 Å². The van der Waals surface area contributed by atoms with Gasteiger partial charge in [0.05, 0.1) is 10.9 Å². The summed E-state index contributed by atoms with van der Waals surface area (Å²) in [7, 11) is -1.95. The van der Waals surface area contributed by atoms with Crippen LogP contribution in [0.4, 0.5) is 0 Å². The molecule has 1 aliphatic rings. The number of nitrogens with one attached hydrogen (secondary N) is 1. The maximum absolute atomic E-state index is 12.4. The summed E-state index contributed by atoms with van der Waals surface area (Å²) in [4.78, 5) is 8.20. The van der Waals surface area contributed by atoms with Gasteiger partial charge in [0.2, 0.25) is 10.0 Å². The molecule has 7 nitrogen and oxygen atoms in total. The third-order valence-electron chi connectivity index (χ3n) is 3.91. The van der Waals surface area contributed by atoms with E-state index in [4.69, 9.17) is 9.47 Å².